The number of halogens is 2. The predicted octanol–water partition coefficient (Wildman–Crippen LogP) is 2.77. The Morgan fingerprint density at radius 1 is 0.694 bits per heavy atom. The third kappa shape index (κ3) is 5.48. The SMILES string of the molecule is COc1ccc(NC2=C(Cl)C(=O)C(Nc3ccc(OC)c(S(=O)(=O)O)c3)=C(Cl)C2=O)cc1S(=O)(=O)O. The van der Waals surface area contributed by atoms with Crippen molar-refractivity contribution in [2.75, 3.05) is 24.9 Å². The minimum absolute atomic E-state index is 0.0495. The van der Waals surface area contributed by atoms with Crippen molar-refractivity contribution in [3.05, 3.63) is 57.9 Å². The fourth-order valence-electron chi connectivity index (χ4n) is 3.07. The molecule has 0 fully saturated rings. The Kier molecular flexibility index (Phi) is 7.69. The fraction of sp³-hybridized carbons (Fsp3) is 0.100. The molecule has 16 heteroatoms. The van der Waals surface area contributed by atoms with Gasteiger partial charge in [-0.2, -0.15) is 16.8 Å². The van der Waals surface area contributed by atoms with Crippen LogP contribution in [0.4, 0.5) is 11.4 Å². The summed E-state index contributed by atoms with van der Waals surface area (Å²) in [7, 11) is -7.04. The van der Waals surface area contributed by atoms with Crippen molar-refractivity contribution in [3.8, 4) is 11.5 Å². The van der Waals surface area contributed by atoms with E-state index in [2.05, 4.69) is 10.6 Å². The number of Topliss-reactive ketones (excluding diaryl/α,β-unsaturated/α-hetero) is 2. The smallest absolute Gasteiger partial charge is 0.298 e. The lowest BCUT2D eigenvalue weighted by molar-refractivity contribution is -0.115. The third-order valence-corrected chi connectivity index (χ3v) is 7.18. The lowest BCUT2D eigenvalue weighted by atomic mass is 10.0. The number of rotatable bonds is 8. The Morgan fingerprint density at radius 2 is 1.03 bits per heavy atom. The minimum Gasteiger partial charge on any atom is -0.495 e. The second-order valence-electron chi connectivity index (χ2n) is 6.97. The van der Waals surface area contributed by atoms with Crippen LogP contribution in [-0.4, -0.2) is 51.7 Å². The van der Waals surface area contributed by atoms with Gasteiger partial charge in [-0.05, 0) is 36.4 Å². The van der Waals surface area contributed by atoms with Crippen molar-refractivity contribution in [2.45, 2.75) is 9.79 Å². The molecule has 36 heavy (non-hydrogen) atoms. The first-order valence-electron chi connectivity index (χ1n) is 9.43. The van der Waals surface area contributed by atoms with E-state index in [1.165, 1.54) is 38.5 Å². The van der Waals surface area contributed by atoms with Crippen LogP contribution in [0.15, 0.2) is 67.6 Å². The highest BCUT2D eigenvalue weighted by Gasteiger charge is 2.34. The molecule has 2 aromatic rings. The summed E-state index contributed by atoms with van der Waals surface area (Å²) in [6, 6.07) is 6.86. The number of ether oxygens (including phenoxy) is 2. The number of carbonyl (C=O) groups excluding carboxylic acids is 2. The maximum absolute atomic E-state index is 12.9. The topological polar surface area (TPSA) is 185 Å². The molecule has 0 amide bonds. The van der Waals surface area contributed by atoms with E-state index >= 15 is 0 Å². The van der Waals surface area contributed by atoms with Gasteiger partial charge in [0.25, 0.3) is 20.2 Å². The summed E-state index contributed by atoms with van der Waals surface area (Å²) in [5, 5.41) is 3.76. The van der Waals surface area contributed by atoms with E-state index < -0.39 is 63.1 Å². The molecule has 0 saturated carbocycles. The standard InChI is InChI=1S/C20H16Cl2N2O10S2/c1-33-11-5-3-9(7-13(11)35(27,28)29)23-17-15(21)20(26)18(16(22)19(17)25)24-10-4-6-12(34-2)14(8-10)36(30,31)32/h3-8,23-24H,1-2H3,(H,27,28,29)(H,30,31,32). The first-order valence-corrected chi connectivity index (χ1v) is 13.1. The van der Waals surface area contributed by atoms with E-state index in [1.807, 2.05) is 0 Å². The number of allylic oxidation sites excluding steroid dienone is 2. The third-order valence-electron chi connectivity index (χ3n) is 4.71. The van der Waals surface area contributed by atoms with E-state index in [0.717, 1.165) is 12.1 Å². The molecule has 0 heterocycles. The summed E-state index contributed by atoms with van der Waals surface area (Å²) in [4.78, 5) is 24.5. The molecule has 0 spiro atoms. The van der Waals surface area contributed by atoms with E-state index in [0.29, 0.717) is 0 Å². The normalized spacial score (nSPS) is 14.7. The Bertz CT molecular complexity index is 1450. The summed E-state index contributed by atoms with van der Waals surface area (Å²) in [6.07, 6.45) is 0. The van der Waals surface area contributed by atoms with Crippen LogP contribution in [0.1, 0.15) is 0 Å². The quantitative estimate of drug-likeness (QED) is 0.265. The zero-order valence-corrected chi connectivity index (χ0v) is 21.3. The monoisotopic (exact) mass is 578 g/mol. The van der Waals surface area contributed by atoms with E-state index in [9.17, 15) is 35.5 Å². The number of methoxy groups -OCH3 is 2. The second-order valence-corrected chi connectivity index (χ2v) is 10.5. The van der Waals surface area contributed by atoms with Gasteiger partial charge in [0, 0.05) is 11.4 Å². The highest BCUT2D eigenvalue weighted by Crippen LogP contribution is 2.34. The molecule has 0 bridgehead atoms. The number of benzene rings is 2. The molecule has 3 rings (SSSR count). The van der Waals surface area contributed by atoms with E-state index in [4.69, 9.17) is 32.7 Å². The van der Waals surface area contributed by atoms with Gasteiger partial charge < -0.3 is 20.1 Å². The lowest BCUT2D eigenvalue weighted by Gasteiger charge is -2.21. The van der Waals surface area contributed by atoms with E-state index in [1.54, 1.807) is 0 Å². The summed E-state index contributed by atoms with van der Waals surface area (Å²) in [6.45, 7) is 0. The van der Waals surface area contributed by atoms with Crippen LogP contribution >= 0.6 is 23.2 Å². The number of carbonyl (C=O) groups is 2. The predicted molar refractivity (Wildman–Crippen MR) is 129 cm³/mol. The number of hydrogen-bond acceptors (Lipinski definition) is 10. The second kappa shape index (κ2) is 10.1. The van der Waals surface area contributed by atoms with Crippen molar-refractivity contribution >= 4 is 66.4 Å². The summed E-state index contributed by atoms with van der Waals surface area (Å²) in [5.41, 5.74) is -1.08. The highest BCUT2D eigenvalue weighted by molar-refractivity contribution is 7.86. The molecule has 2 aromatic carbocycles. The summed E-state index contributed by atoms with van der Waals surface area (Å²) >= 11 is 12.2. The molecule has 0 atom stereocenters. The number of ketones is 2. The van der Waals surface area contributed by atoms with Crippen LogP contribution in [0.2, 0.25) is 0 Å². The van der Waals surface area contributed by atoms with Crippen LogP contribution in [0, 0.1) is 0 Å². The number of hydrogen-bond donors (Lipinski definition) is 4. The molecule has 0 unspecified atom stereocenters. The van der Waals surface area contributed by atoms with Crippen LogP contribution in [0.3, 0.4) is 0 Å². The van der Waals surface area contributed by atoms with Crippen molar-refractivity contribution < 1.29 is 45.0 Å². The molecule has 192 valence electrons. The van der Waals surface area contributed by atoms with Gasteiger partial charge in [-0.3, -0.25) is 18.7 Å². The van der Waals surface area contributed by atoms with Gasteiger partial charge in [0.2, 0.25) is 11.6 Å². The molecular formula is C20H16Cl2N2O10S2. The average molecular weight is 579 g/mol. The molecule has 12 nitrogen and oxygen atoms in total. The molecule has 4 N–H and O–H groups in total. The van der Waals surface area contributed by atoms with Crippen LogP contribution in [0.5, 0.6) is 11.5 Å². The zero-order valence-electron chi connectivity index (χ0n) is 18.2. The molecular weight excluding hydrogens is 563 g/mol. The zero-order chi connectivity index (χ0) is 27.0. The Balaban J connectivity index is 1.97. The maximum Gasteiger partial charge on any atom is 0.298 e. The molecule has 0 aromatic heterocycles. The summed E-state index contributed by atoms with van der Waals surface area (Å²) < 4.78 is 75.1. The molecule has 0 saturated heterocycles. The first kappa shape index (κ1) is 27.4. The van der Waals surface area contributed by atoms with Gasteiger partial charge >= 0.3 is 0 Å². The number of anilines is 2. The van der Waals surface area contributed by atoms with Gasteiger partial charge in [-0.1, -0.05) is 23.2 Å². The van der Waals surface area contributed by atoms with E-state index in [-0.39, 0.29) is 22.9 Å². The lowest BCUT2D eigenvalue weighted by Crippen LogP contribution is -2.27. The average Bonchev–Trinajstić information content (AvgIpc) is 2.82. The Hall–Kier alpha value is -3.14. The van der Waals surface area contributed by atoms with Gasteiger partial charge in [-0.25, -0.2) is 0 Å². The number of nitrogens with one attached hydrogen (secondary N) is 2. The Morgan fingerprint density at radius 3 is 1.31 bits per heavy atom. The van der Waals surface area contributed by atoms with Crippen molar-refractivity contribution in [2.24, 2.45) is 0 Å². The molecule has 0 aliphatic heterocycles. The largest absolute Gasteiger partial charge is 0.495 e. The van der Waals surface area contributed by atoms with Gasteiger partial charge in [0.15, 0.2) is 0 Å². The van der Waals surface area contributed by atoms with Crippen LogP contribution in [0.25, 0.3) is 0 Å². The van der Waals surface area contributed by atoms with Crippen LogP contribution < -0.4 is 20.1 Å². The molecule has 1 aliphatic carbocycles. The van der Waals surface area contributed by atoms with Crippen LogP contribution in [-0.2, 0) is 29.8 Å². The highest BCUT2D eigenvalue weighted by atomic mass is 35.5. The van der Waals surface area contributed by atoms with Crippen molar-refractivity contribution in [1.29, 1.82) is 0 Å². The van der Waals surface area contributed by atoms with Crippen molar-refractivity contribution in [3.63, 3.8) is 0 Å². The Labute approximate surface area is 215 Å². The minimum atomic E-state index is -4.70. The van der Waals surface area contributed by atoms with Gasteiger partial charge in [0.1, 0.15) is 42.7 Å². The van der Waals surface area contributed by atoms with Gasteiger partial charge in [0.05, 0.1) is 14.2 Å². The van der Waals surface area contributed by atoms with Gasteiger partial charge in [-0.15, -0.1) is 0 Å². The first-order chi connectivity index (χ1) is 16.7. The molecule has 1 aliphatic rings. The fourth-order valence-corrected chi connectivity index (χ4v) is 4.89. The maximum atomic E-state index is 12.9. The summed E-state index contributed by atoms with van der Waals surface area (Å²) in [5.74, 6) is -2.28. The van der Waals surface area contributed by atoms with Crippen molar-refractivity contribution in [1.82, 2.24) is 0 Å². The molecule has 0 radical (unpaired) electrons.